The number of ether oxygens (including phenoxy) is 1. The lowest BCUT2D eigenvalue weighted by molar-refractivity contribution is 0.0260. The quantitative estimate of drug-likeness (QED) is 0.619. The molecule has 0 N–H and O–H groups in total. The van der Waals surface area contributed by atoms with Gasteiger partial charge >= 0.3 is 5.97 Å². The standard InChI is InChI=1S/C20H24ClNO2.ClH/c1-4-15-7-5-6-8-18(15)20(23)24-19(13-14-22(2)3)16-9-11-17(21)12-10-16;/h5-12,19H,4,13-14H2,1-3H3;1H. The van der Waals surface area contributed by atoms with E-state index in [9.17, 15) is 4.79 Å². The maximum absolute atomic E-state index is 12.7. The summed E-state index contributed by atoms with van der Waals surface area (Å²) in [5, 5.41) is 0.674. The van der Waals surface area contributed by atoms with E-state index >= 15 is 0 Å². The molecule has 3 nitrogen and oxygen atoms in total. The molecule has 1 atom stereocenters. The van der Waals surface area contributed by atoms with Crippen molar-refractivity contribution in [3.05, 3.63) is 70.2 Å². The maximum Gasteiger partial charge on any atom is 0.339 e. The number of hydrogen-bond donors (Lipinski definition) is 0. The van der Waals surface area contributed by atoms with E-state index in [-0.39, 0.29) is 24.5 Å². The lowest BCUT2D eigenvalue weighted by Crippen LogP contribution is -2.20. The summed E-state index contributed by atoms with van der Waals surface area (Å²) in [4.78, 5) is 14.7. The maximum atomic E-state index is 12.7. The van der Waals surface area contributed by atoms with Gasteiger partial charge in [0, 0.05) is 18.0 Å². The van der Waals surface area contributed by atoms with Gasteiger partial charge < -0.3 is 9.64 Å². The highest BCUT2D eigenvalue weighted by atomic mass is 35.5. The number of halogens is 2. The van der Waals surface area contributed by atoms with Crippen molar-refractivity contribution in [1.29, 1.82) is 0 Å². The molecule has 5 heteroatoms. The molecule has 0 aliphatic rings. The summed E-state index contributed by atoms with van der Waals surface area (Å²) in [6.45, 7) is 2.87. The van der Waals surface area contributed by atoms with E-state index in [2.05, 4.69) is 4.90 Å². The summed E-state index contributed by atoms with van der Waals surface area (Å²) >= 11 is 5.97. The van der Waals surface area contributed by atoms with Gasteiger partial charge in [0.2, 0.25) is 0 Å². The van der Waals surface area contributed by atoms with E-state index in [0.717, 1.165) is 30.5 Å². The molecule has 0 fully saturated rings. The van der Waals surface area contributed by atoms with Crippen molar-refractivity contribution in [1.82, 2.24) is 4.90 Å². The lowest BCUT2D eigenvalue weighted by Gasteiger charge is -2.21. The number of nitrogens with zero attached hydrogens (tertiary/aromatic N) is 1. The summed E-state index contributed by atoms with van der Waals surface area (Å²) in [5.41, 5.74) is 2.61. The average molecular weight is 382 g/mol. The Morgan fingerprint density at radius 1 is 1.12 bits per heavy atom. The number of rotatable bonds is 7. The summed E-state index contributed by atoms with van der Waals surface area (Å²) in [6.07, 6.45) is 1.24. The van der Waals surface area contributed by atoms with Crippen LogP contribution in [0.1, 0.15) is 40.9 Å². The molecule has 0 aromatic heterocycles. The number of benzene rings is 2. The minimum Gasteiger partial charge on any atom is -0.454 e. The predicted octanol–water partition coefficient (Wildman–Crippen LogP) is 5.17. The van der Waals surface area contributed by atoms with Crippen LogP contribution in [0.5, 0.6) is 0 Å². The first-order valence-electron chi connectivity index (χ1n) is 8.20. The predicted molar refractivity (Wildman–Crippen MR) is 106 cm³/mol. The third kappa shape index (κ3) is 6.35. The molecule has 136 valence electrons. The highest BCUT2D eigenvalue weighted by molar-refractivity contribution is 6.30. The van der Waals surface area contributed by atoms with Crippen molar-refractivity contribution in [3.8, 4) is 0 Å². The molecule has 2 aromatic carbocycles. The van der Waals surface area contributed by atoms with Crippen LogP contribution in [-0.4, -0.2) is 31.5 Å². The number of aryl methyl sites for hydroxylation is 1. The normalized spacial score (nSPS) is 11.7. The fourth-order valence-electron chi connectivity index (χ4n) is 2.57. The Morgan fingerprint density at radius 3 is 2.36 bits per heavy atom. The van der Waals surface area contributed by atoms with Crippen LogP contribution >= 0.6 is 24.0 Å². The van der Waals surface area contributed by atoms with Gasteiger partial charge in [-0.15, -0.1) is 12.4 Å². The summed E-state index contributed by atoms with van der Waals surface area (Å²) in [5.74, 6) is -0.272. The van der Waals surface area contributed by atoms with E-state index in [0.29, 0.717) is 10.6 Å². The van der Waals surface area contributed by atoms with Gasteiger partial charge in [0.1, 0.15) is 6.10 Å². The Morgan fingerprint density at radius 2 is 1.76 bits per heavy atom. The molecule has 0 aliphatic carbocycles. The molecule has 2 aromatic rings. The zero-order valence-corrected chi connectivity index (χ0v) is 16.4. The van der Waals surface area contributed by atoms with Gasteiger partial charge in [-0.3, -0.25) is 0 Å². The van der Waals surface area contributed by atoms with Gasteiger partial charge in [-0.2, -0.15) is 0 Å². The van der Waals surface area contributed by atoms with E-state index in [1.807, 2.05) is 69.6 Å². The van der Waals surface area contributed by atoms with Gasteiger partial charge in [-0.05, 0) is 49.8 Å². The first kappa shape index (κ1) is 21.5. The largest absolute Gasteiger partial charge is 0.454 e. The SMILES string of the molecule is CCc1ccccc1C(=O)OC(CCN(C)C)c1ccc(Cl)cc1.Cl. The number of esters is 1. The number of carbonyl (C=O) groups excluding carboxylic acids is 1. The molecular weight excluding hydrogens is 357 g/mol. The summed E-state index contributed by atoms with van der Waals surface area (Å²) < 4.78 is 5.85. The molecule has 0 radical (unpaired) electrons. The number of carbonyl (C=O) groups is 1. The zero-order valence-electron chi connectivity index (χ0n) is 14.9. The first-order valence-corrected chi connectivity index (χ1v) is 8.58. The Balaban J connectivity index is 0.00000312. The van der Waals surface area contributed by atoms with Crippen molar-refractivity contribution in [2.45, 2.75) is 25.9 Å². The van der Waals surface area contributed by atoms with Crippen LogP contribution in [0.2, 0.25) is 5.02 Å². The zero-order chi connectivity index (χ0) is 17.5. The van der Waals surface area contributed by atoms with Gasteiger partial charge in [-0.25, -0.2) is 4.79 Å². The smallest absolute Gasteiger partial charge is 0.339 e. The third-order valence-electron chi connectivity index (χ3n) is 3.95. The fourth-order valence-corrected chi connectivity index (χ4v) is 2.69. The third-order valence-corrected chi connectivity index (χ3v) is 4.20. The van der Waals surface area contributed by atoms with Crippen molar-refractivity contribution in [3.63, 3.8) is 0 Å². The lowest BCUT2D eigenvalue weighted by atomic mass is 10.0. The minimum absolute atomic E-state index is 0. The highest BCUT2D eigenvalue weighted by Crippen LogP contribution is 2.25. The molecule has 0 heterocycles. The van der Waals surface area contributed by atoms with Crippen molar-refractivity contribution >= 4 is 30.0 Å². The van der Waals surface area contributed by atoms with Gasteiger partial charge in [0.05, 0.1) is 5.56 Å². The van der Waals surface area contributed by atoms with Crippen LogP contribution in [0, 0.1) is 0 Å². The van der Waals surface area contributed by atoms with E-state index in [4.69, 9.17) is 16.3 Å². The fraction of sp³-hybridized carbons (Fsp3) is 0.350. The van der Waals surface area contributed by atoms with Crippen molar-refractivity contribution in [2.75, 3.05) is 20.6 Å². The van der Waals surface area contributed by atoms with Crippen LogP contribution in [0.3, 0.4) is 0 Å². The van der Waals surface area contributed by atoms with E-state index in [1.54, 1.807) is 0 Å². The molecule has 0 spiro atoms. The second-order valence-corrected chi connectivity index (χ2v) is 6.48. The minimum atomic E-state index is -0.290. The number of hydrogen-bond acceptors (Lipinski definition) is 3. The second-order valence-electron chi connectivity index (χ2n) is 6.05. The molecule has 0 saturated heterocycles. The van der Waals surface area contributed by atoms with Gasteiger partial charge in [0.25, 0.3) is 0 Å². The molecule has 25 heavy (non-hydrogen) atoms. The highest BCUT2D eigenvalue weighted by Gasteiger charge is 2.20. The van der Waals surface area contributed by atoms with Crippen LogP contribution in [0.4, 0.5) is 0 Å². The van der Waals surface area contributed by atoms with Crippen molar-refractivity contribution in [2.24, 2.45) is 0 Å². The van der Waals surface area contributed by atoms with Crippen molar-refractivity contribution < 1.29 is 9.53 Å². The molecular formula is C20H25Cl2NO2. The summed E-state index contributed by atoms with van der Waals surface area (Å²) in [7, 11) is 4.01. The monoisotopic (exact) mass is 381 g/mol. The summed E-state index contributed by atoms with van der Waals surface area (Å²) in [6, 6.07) is 15.1. The van der Waals surface area contributed by atoms with E-state index < -0.39 is 0 Å². The molecule has 1 unspecified atom stereocenters. The first-order chi connectivity index (χ1) is 11.5. The Bertz CT molecular complexity index is 672. The average Bonchev–Trinajstić information content (AvgIpc) is 2.59. The molecule has 0 bridgehead atoms. The molecule has 0 aliphatic heterocycles. The Hall–Kier alpha value is -1.55. The molecule has 0 saturated carbocycles. The van der Waals surface area contributed by atoms with Crippen LogP contribution in [0.25, 0.3) is 0 Å². The van der Waals surface area contributed by atoms with E-state index in [1.165, 1.54) is 0 Å². The Kier molecular flexibility index (Phi) is 8.98. The van der Waals surface area contributed by atoms with Crippen LogP contribution < -0.4 is 0 Å². The van der Waals surface area contributed by atoms with Crippen LogP contribution in [0.15, 0.2) is 48.5 Å². The topological polar surface area (TPSA) is 29.5 Å². The second kappa shape index (κ2) is 10.4. The van der Waals surface area contributed by atoms with Crippen LogP contribution in [-0.2, 0) is 11.2 Å². The Labute approximate surface area is 161 Å². The molecule has 2 rings (SSSR count). The van der Waals surface area contributed by atoms with Gasteiger partial charge in [0.15, 0.2) is 0 Å². The van der Waals surface area contributed by atoms with Gasteiger partial charge in [-0.1, -0.05) is 48.9 Å². The molecule has 0 amide bonds.